The average molecular weight is 256 g/mol. The zero-order valence-electron chi connectivity index (χ0n) is 10.1. The van der Waals surface area contributed by atoms with Gasteiger partial charge in [-0.05, 0) is 12.1 Å². The molecule has 1 aromatic rings. The number of benzene rings is 1. The predicted octanol–water partition coefficient (Wildman–Crippen LogP) is 1.14. The summed E-state index contributed by atoms with van der Waals surface area (Å²) in [6.45, 7) is 1.91. The Bertz CT molecular complexity index is 355. The van der Waals surface area contributed by atoms with E-state index in [4.69, 9.17) is 14.3 Å². The van der Waals surface area contributed by atoms with Gasteiger partial charge in [0.1, 0.15) is 12.4 Å². The molecule has 0 fully saturated rings. The van der Waals surface area contributed by atoms with Crippen molar-refractivity contribution in [1.29, 1.82) is 0 Å². The van der Waals surface area contributed by atoms with Crippen LogP contribution in [0.4, 0.5) is 5.69 Å². The van der Waals surface area contributed by atoms with Gasteiger partial charge in [0.15, 0.2) is 0 Å². The number of ether oxygens (including phenoxy) is 2. The number of nitrogens with one attached hydrogen (secondary N) is 1. The van der Waals surface area contributed by atoms with Crippen LogP contribution in [0, 0.1) is 10.1 Å². The Balaban J connectivity index is 2.14. The van der Waals surface area contributed by atoms with E-state index in [1.165, 1.54) is 12.1 Å². The van der Waals surface area contributed by atoms with E-state index < -0.39 is 4.92 Å². The Morgan fingerprint density at radius 2 is 1.94 bits per heavy atom. The molecule has 0 amide bonds. The Morgan fingerprint density at radius 1 is 1.22 bits per heavy atom. The molecule has 0 spiro atoms. The van der Waals surface area contributed by atoms with Crippen molar-refractivity contribution in [3.8, 4) is 5.75 Å². The van der Waals surface area contributed by atoms with E-state index in [9.17, 15) is 10.1 Å². The van der Waals surface area contributed by atoms with Gasteiger partial charge in [-0.2, -0.15) is 5.48 Å². The highest BCUT2D eigenvalue weighted by atomic mass is 16.7. The van der Waals surface area contributed by atoms with Crippen LogP contribution in [0.3, 0.4) is 0 Å². The van der Waals surface area contributed by atoms with Crippen LogP contribution in [0.1, 0.15) is 0 Å². The Labute approximate surface area is 105 Å². The van der Waals surface area contributed by atoms with Crippen molar-refractivity contribution in [3.05, 3.63) is 34.4 Å². The molecule has 0 heterocycles. The third-order valence-corrected chi connectivity index (χ3v) is 2.01. The molecule has 1 rings (SSSR count). The minimum absolute atomic E-state index is 0.0448. The van der Waals surface area contributed by atoms with E-state index in [-0.39, 0.29) is 5.69 Å². The molecule has 0 atom stereocenters. The lowest BCUT2D eigenvalue weighted by atomic mass is 10.3. The molecular weight excluding hydrogens is 240 g/mol. The van der Waals surface area contributed by atoms with E-state index in [1.54, 1.807) is 19.2 Å². The number of nitrogens with zero attached hydrogens (tertiary/aromatic N) is 1. The van der Waals surface area contributed by atoms with E-state index >= 15 is 0 Å². The average Bonchev–Trinajstić information content (AvgIpc) is 2.38. The molecule has 0 aliphatic rings. The summed E-state index contributed by atoms with van der Waals surface area (Å²) in [5, 5.41) is 10.4. The fourth-order valence-corrected chi connectivity index (χ4v) is 1.14. The summed E-state index contributed by atoms with van der Waals surface area (Å²) in [5.41, 5.74) is 2.75. The van der Waals surface area contributed by atoms with Gasteiger partial charge in [0.05, 0.1) is 24.7 Å². The number of rotatable bonds is 9. The number of hydrogen-bond acceptors (Lipinski definition) is 6. The summed E-state index contributed by atoms with van der Waals surface area (Å²) in [5.74, 6) is 0.583. The molecule has 18 heavy (non-hydrogen) atoms. The first-order chi connectivity index (χ1) is 8.74. The van der Waals surface area contributed by atoms with E-state index in [2.05, 4.69) is 5.48 Å². The van der Waals surface area contributed by atoms with Crippen LogP contribution in [0.2, 0.25) is 0 Å². The van der Waals surface area contributed by atoms with Crippen LogP contribution in [0.15, 0.2) is 24.3 Å². The molecule has 0 bridgehead atoms. The standard InChI is InChI=1S/C11H16N2O5/c1-16-8-9-18-12-6-7-17-11-4-2-10(3-5-11)13(14)15/h2-5,12H,6-9H2,1H3. The molecule has 7 heteroatoms. The molecule has 0 unspecified atom stereocenters. The van der Waals surface area contributed by atoms with Crippen molar-refractivity contribution in [1.82, 2.24) is 5.48 Å². The van der Waals surface area contributed by atoms with Gasteiger partial charge in [-0.3, -0.25) is 15.0 Å². The lowest BCUT2D eigenvalue weighted by molar-refractivity contribution is -0.384. The van der Waals surface area contributed by atoms with Gasteiger partial charge in [-0.25, -0.2) is 0 Å². The topological polar surface area (TPSA) is 82.9 Å². The lowest BCUT2D eigenvalue weighted by Gasteiger charge is -2.07. The predicted molar refractivity (Wildman–Crippen MR) is 64.4 cm³/mol. The third kappa shape index (κ3) is 5.58. The summed E-state index contributed by atoms with van der Waals surface area (Å²) in [6.07, 6.45) is 0. The summed E-state index contributed by atoms with van der Waals surface area (Å²) in [7, 11) is 1.60. The van der Waals surface area contributed by atoms with Crippen LogP contribution in [-0.2, 0) is 9.57 Å². The molecule has 0 radical (unpaired) electrons. The van der Waals surface area contributed by atoms with Gasteiger partial charge in [0, 0.05) is 19.2 Å². The summed E-state index contributed by atoms with van der Waals surface area (Å²) < 4.78 is 10.1. The highest BCUT2D eigenvalue weighted by molar-refractivity contribution is 5.35. The first-order valence-corrected chi connectivity index (χ1v) is 5.45. The van der Waals surface area contributed by atoms with Crippen molar-refractivity contribution in [2.45, 2.75) is 0 Å². The van der Waals surface area contributed by atoms with Crippen molar-refractivity contribution in [2.75, 3.05) is 33.5 Å². The maximum atomic E-state index is 10.4. The van der Waals surface area contributed by atoms with Crippen LogP contribution in [-0.4, -0.2) is 38.4 Å². The smallest absolute Gasteiger partial charge is 0.269 e. The quantitative estimate of drug-likeness (QED) is 0.405. The highest BCUT2D eigenvalue weighted by Gasteiger charge is 2.03. The molecule has 1 N–H and O–H groups in total. The molecular formula is C11H16N2O5. The molecule has 0 saturated carbocycles. The monoisotopic (exact) mass is 256 g/mol. The maximum Gasteiger partial charge on any atom is 0.269 e. The molecule has 100 valence electrons. The van der Waals surface area contributed by atoms with Gasteiger partial charge in [-0.1, -0.05) is 0 Å². The first kappa shape index (κ1) is 14.4. The molecule has 0 aliphatic heterocycles. The van der Waals surface area contributed by atoms with Crippen LogP contribution in [0.5, 0.6) is 5.75 Å². The second kappa shape index (κ2) is 8.40. The van der Waals surface area contributed by atoms with E-state index in [1.807, 2.05) is 0 Å². The van der Waals surface area contributed by atoms with Crippen molar-refractivity contribution < 1.29 is 19.2 Å². The minimum Gasteiger partial charge on any atom is -0.492 e. The largest absolute Gasteiger partial charge is 0.492 e. The zero-order chi connectivity index (χ0) is 13.2. The Kier molecular flexibility index (Phi) is 6.70. The summed E-state index contributed by atoms with van der Waals surface area (Å²) >= 11 is 0. The number of non-ortho nitro benzene ring substituents is 1. The minimum atomic E-state index is -0.449. The van der Waals surface area contributed by atoms with Gasteiger partial charge in [0.25, 0.3) is 5.69 Å². The number of nitro groups is 1. The molecule has 0 aromatic heterocycles. The Hall–Kier alpha value is -1.70. The van der Waals surface area contributed by atoms with Crippen molar-refractivity contribution in [3.63, 3.8) is 0 Å². The van der Waals surface area contributed by atoms with Gasteiger partial charge >= 0.3 is 0 Å². The van der Waals surface area contributed by atoms with Gasteiger partial charge < -0.3 is 9.47 Å². The number of hydroxylamine groups is 1. The highest BCUT2D eigenvalue weighted by Crippen LogP contribution is 2.16. The lowest BCUT2D eigenvalue weighted by Crippen LogP contribution is -2.23. The SMILES string of the molecule is COCCONCCOc1ccc([N+](=O)[O-])cc1. The molecule has 1 aromatic carbocycles. The molecule has 0 saturated heterocycles. The van der Waals surface area contributed by atoms with Gasteiger partial charge in [-0.15, -0.1) is 0 Å². The summed E-state index contributed by atoms with van der Waals surface area (Å²) in [6, 6.07) is 5.92. The number of hydrogen-bond donors (Lipinski definition) is 1. The third-order valence-electron chi connectivity index (χ3n) is 2.01. The van der Waals surface area contributed by atoms with Crippen molar-refractivity contribution >= 4 is 5.69 Å². The van der Waals surface area contributed by atoms with Crippen LogP contribution < -0.4 is 10.2 Å². The second-order valence-electron chi connectivity index (χ2n) is 3.34. The Morgan fingerprint density at radius 3 is 2.56 bits per heavy atom. The fraction of sp³-hybridized carbons (Fsp3) is 0.455. The van der Waals surface area contributed by atoms with Crippen LogP contribution in [0.25, 0.3) is 0 Å². The van der Waals surface area contributed by atoms with Crippen molar-refractivity contribution in [2.24, 2.45) is 0 Å². The normalized spacial score (nSPS) is 10.3. The van der Waals surface area contributed by atoms with E-state index in [0.29, 0.717) is 32.1 Å². The van der Waals surface area contributed by atoms with Gasteiger partial charge in [0.2, 0.25) is 0 Å². The second-order valence-corrected chi connectivity index (χ2v) is 3.34. The maximum absolute atomic E-state index is 10.4. The fourth-order valence-electron chi connectivity index (χ4n) is 1.14. The number of nitro benzene ring substituents is 1. The zero-order valence-corrected chi connectivity index (χ0v) is 10.1. The molecule has 0 aliphatic carbocycles. The van der Waals surface area contributed by atoms with Crippen LogP contribution >= 0.6 is 0 Å². The first-order valence-electron chi connectivity index (χ1n) is 5.45. The number of methoxy groups -OCH3 is 1. The summed E-state index contributed by atoms with van der Waals surface area (Å²) in [4.78, 5) is 15.0. The molecule has 7 nitrogen and oxygen atoms in total. The van der Waals surface area contributed by atoms with E-state index in [0.717, 1.165) is 0 Å².